The molecule has 1 saturated heterocycles. The van der Waals surface area contributed by atoms with E-state index in [1.54, 1.807) is 55.4 Å². The van der Waals surface area contributed by atoms with Gasteiger partial charge in [-0.2, -0.15) is 5.10 Å². The van der Waals surface area contributed by atoms with Crippen molar-refractivity contribution in [3.05, 3.63) is 42.2 Å². The highest BCUT2D eigenvalue weighted by Crippen LogP contribution is 2.30. The van der Waals surface area contributed by atoms with Gasteiger partial charge in [0.05, 0.1) is 25.5 Å². The molecule has 1 aromatic heterocycles. The Bertz CT molecular complexity index is 969. The molecule has 32 heavy (non-hydrogen) atoms. The lowest BCUT2D eigenvalue weighted by atomic mass is 9.92. The maximum Gasteiger partial charge on any atom is 0.325 e. The molecule has 1 unspecified atom stereocenters. The zero-order chi connectivity index (χ0) is 23.3. The molecule has 10 nitrogen and oxygen atoms in total. The van der Waals surface area contributed by atoms with E-state index in [1.165, 1.54) is 0 Å². The Kier molecular flexibility index (Phi) is 7.14. The Morgan fingerprint density at radius 2 is 1.91 bits per heavy atom. The Morgan fingerprint density at radius 3 is 2.53 bits per heavy atom. The first-order chi connectivity index (χ1) is 15.3. The minimum atomic E-state index is -1.25. The van der Waals surface area contributed by atoms with Crippen LogP contribution in [0.25, 0.3) is 0 Å². The minimum Gasteiger partial charge on any atom is -0.497 e. The number of urea groups is 1. The number of nitrogens with zero attached hydrogens (tertiary/aromatic N) is 4. The van der Waals surface area contributed by atoms with Crippen LogP contribution in [0.5, 0.6) is 5.75 Å². The van der Waals surface area contributed by atoms with Crippen LogP contribution in [0.2, 0.25) is 0 Å². The third kappa shape index (κ3) is 4.91. The Hall–Kier alpha value is -3.40. The average Bonchev–Trinajstić information content (AvgIpc) is 3.32. The van der Waals surface area contributed by atoms with E-state index in [2.05, 4.69) is 34.5 Å². The molecule has 2 aromatic rings. The normalized spacial score (nSPS) is 18.2. The highest BCUT2D eigenvalue weighted by molar-refractivity contribution is 6.10. The smallest absolute Gasteiger partial charge is 0.325 e. The minimum absolute atomic E-state index is 0.388. The summed E-state index contributed by atoms with van der Waals surface area (Å²) < 4.78 is 6.89. The standard InChI is InChI=1S/C22H30N6O4/c1-5-26(6-2)11-12-27-14-17(13-23-27)24-19(29)15-28-20(30)22(3,25-21(28)31)16-7-9-18(32-4)10-8-16/h7-10,13-14H,5-6,11-12,15H2,1-4H3,(H,24,29)(H,25,31). The molecule has 0 spiro atoms. The number of likely N-dealkylation sites (N-methyl/N-ethyl adjacent to an activating group) is 1. The molecule has 1 aliphatic rings. The summed E-state index contributed by atoms with van der Waals surface area (Å²) in [4.78, 5) is 41.2. The van der Waals surface area contributed by atoms with Gasteiger partial charge in [0, 0.05) is 12.7 Å². The van der Waals surface area contributed by atoms with Gasteiger partial charge in [-0.3, -0.25) is 19.2 Å². The number of amides is 4. The van der Waals surface area contributed by atoms with Gasteiger partial charge in [0.25, 0.3) is 5.91 Å². The molecule has 4 amide bonds. The summed E-state index contributed by atoms with van der Waals surface area (Å²) in [6.07, 6.45) is 3.28. The first-order valence-electron chi connectivity index (χ1n) is 10.6. The maximum absolute atomic E-state index is 13.0. The molecule has 0 radical (unpaired) electrons. The van der Waals surface area contributed by atoms with Crippen molar-refractivity contribution in [1.29, 1.82) is 0 Å². The number of carbonyl (C=O) groups excluding carboxylic acids is 3. The van der Waals surface area contributed by atoms with Gasteiger partial charge in [-0.05, 0) is 37.7 Å². The third-order valence-electron chi connectivity index (χ3n) is 5.70. The molecular formula is C22H30N6O4. The number of hydrogen-bond acceptors (Lipinski definition) is 6. The molecule has 1 aromatic carbocycles. The number of rotatable bonds is 10. The van der Waals surface area contributed by atoms with E-state index in [0.717, 1.165) is 24.5 Å². The molecule has 2 heterocycles. The summed E-state index contributed by atoms with van der Waals surface area (Å²) in [5, 5.41) is 9.65. The summed E-state index contributed by atoms with van der Waals surface area (Å²) in [6.45, 7) is 8.92. The molecule has 1 fully saturated rings. The summed E-state index contributed by atoms with van der Waals surface area (Å²) in [5.41, 5.74) is -0.132. The monoisotopic (exact) mass is 442 g/mol. The van der Waals surface area contributed by atoms with Crippen molar-refractivity contribution in [1.82, 2.24) is 24.9 Å². The molecule has 3 rings (SSSR count). The van der Waals surface area contributed by atoms with E-state index in [0.29, 0.717) is 23.5 Å². The van der Waals surface area contributed by atoms with Crippen molar-refractivity contribution in [2.24, 2.45) is 0 Å². The fourth-order valence-electron chi connectivity index (χ4n) is 3.64. The second-order valence-electron chi connectivity index (χ2n) is 7.74. The Morgan fingerprint density at radius 1 is 1.22 bits per heavy atom. The van der Waals surface area contributed by atoms with Gasteiger partial charge >= 0.3 is 6.03 Å². The van der Waals surface area contributed by atoms with Crippen LogP contribution in [0.15, 0.2) is 36.7 Å². The van der Waals surface area contributed by atoms with Crippen LogP contribution in [0.4, 0.5) is 10.5 Å². The lowest BCUT2D eigenvalue weighted by molar-refractivity contribution is -0.133. The number of ether oxygens (including phenoxy) is 1. The van der Waals surface area contributed by atoms with Crippen molar-refractivity contribution >= 4 is 23.5 Å². The van der Waals surface area contributed by atoms with Crippen molar-refractivity contribution < 1.29 is 19.1 Å². The van der Waals surface area contributed by atoms with Crippen molar-refractivity contribution in [3.63, 3.8) is 0 Å². The molecule has 10 heteroatoms. The van der Waals surface area contributed by atoms with Crippen LogP contribution in [-0.4, -0.2) is 70.7 Å². The Balaban J connectivity index is 1.60. The SMILES string of the molecule is CCN(CC)CCn1cc(NC(=O)CN2C(=O)NC(C)(c3ccc(OC)cc3)C2=O)cn1. The molecule has 0 saturated carbocycles. The molecule has 0 aliphatic carbocycles. The highest BCUT2D eigenvalue weighted by Gasteiger charge is 2.49. The van der Waals surface area contributed by atoms with E-state index in [1.807, 2.05) is 0 Å². The quantitative estimate of drug-likeness (QED) is 0.542. The predicted octanol–water partition coefficient (Wildman–Crippen LogP) is 1.64. The van der Waals surface area contributed by atoms with Crippen molar-refractivity contribution in [3.8, 4) is 5.75 Å². The average molecular weight is 443 g/mol. The van der Waals surface area contributed by atoms with Crippen LogP contribution in [0, 0.1) is 0 Å². The lowest BCUT2D eigenvalue weighted by Gasteiger charge is -2.22. The number of carbonyl (C=O) groups is 3. The van der Waals surface area contributed by atoms with Crippen molar-refractivity contribution in [2.75, 3.05) is 38.6 Å². The fraction of sp³-hybridized carbons (Fsp3) is 0.455. The summed E-state index contributed by atoms with van der Waals surface area (Å²) in [6, 6.07) is 6.25. The highest BCUT2D eigenvalue weighted by atomic mass is 16.5. The molecule has 0 bridgehead atoms. The first-order valence-corrected chi connectivity index (χ1v) is 10.6. The zero-order valence-corrected chi connectivity index (χ0v) is 18.9. The van der Waals surface area contributed by atoms with E-state index >= 15 is 0 Å². The number of hydrogen-bond donors (Lipinski definition) is 2. The number of aromatic nitrogens is 2. The van der Waals surface area contributed by atoms with E-state index in [4.69, 9.17) is 4.74 Å². The summed E-state index contributed by atoms with van der Waals surface area (Å²) >= 11 is 0. The molecule has 2 N–H and O–H groups in total. The van der Waals surface area contributed by atoms with Gasteiger partial charge in [0.15, 0.2) is 0 Å². The van der Waals surface area contributed by atoms with Gasteiger partial charge < -0.3 is 20.3 Å². The molecule has 1 aliphatic heterocycles. The van der Waals surface area contributed by atoms with Crippen LogP contribution in [0.1, 0.15) is 26.3 Å². The topological polar surface area (TPSA) is 109 Å². The summed E-state index contributed by atoms with van der Waals surface area (Å²) in [7, 11) is 1.55. The van der Waals surface area contributed by atoms with E-state index < -0.39 is 23.4 Å². The van der Waals surface area contributed by atoms with Crippen molar-refractivity contribution in [2.45, 2.75) is 32.9 Å². The fourth-order valence-corrected chi connectivity index (χ4v) is 3.64. The number of imide groups is 1. The maximum atomic E-state index is 13.0. The van der Waals surface area contributed by atoms with E-state index in [-0.39, 0.29) is 6.54 Å². The second-order valence-corrected chi connectivity index (χ2v) is 7.74. The predicted molar refractivity (Wildman–Crippen MR) is 119 cm³/mol. The second kappa shape index (κ2) is 9.82. The van der Waals surface area contributed by atoms with Crippen LogP contribution in [0.3, 0.4) is 0 Å². The lowest BCUT2D eigenvalue weighted by Crippen LogP contribution is -2.42. The molecule has 1 atom stereocenters. The van der Waals surface area contributed by atoms with Gasteiger partial charge in [-0.25, -0.2) is 4.79 Å². The van der Waals surface area contributed by atoms with Gasteiger partial charge in [-0.15, -0.1) is 0 Å². The number of anilines is 1. The van der Waals surface area contributed by atoms with Crippen LogP contribution < -0.4 is 15.4 Å². The number of nitrogens with one attached hydrogen (secondary N) is 2. The van der Waals surface area contributed by atoms with Crippen LogP contribution >= 0.6 is 0 Å². The third-order valence-corrected chi connectivity index (χ3v) is 5.70. The van der Waals surface area contributed by atoms with Gasteiger partial charge in [-0.1, -0.05) is 26.0 Å². The molecular weight excluding hydrogens is 412 g/mol. The summed E-state index contributed by atoms with van der Waals surface area (Å²) in [5.74, 6) is -0.323. The Labute approximate surface area is 187 Å². The van der Waals surface area contributed by atoms with Gasteiger partial charge in [0.2, 0.25) is 5.91 Å². The number of benzene rings is 1. The van der Waals surface area contributed by atoms with E-state index in [9.17, 15) is 14.4 Å². The first kappa shape index (κ1) is 23.3. The molecule has 172 valence electrons. The largest absolute Gasteiger partial charge is 0.497 e. The zero-order valence-electron chi connectivity index (χ0n) is 18.9. The number of methoxy groups -OCH3 is 1. The van der Waals surface area contributed by atoms with Crippen LogP contribution in [-0.2, 0) is 21.7 Å². The van der Waals surface area contributed by atoms with Gasteiger partial charge in [0.1, 0.15) is 17.8 Å².